The maximum absolute atomic E-state index is 13.4. The van der Waals surface area contributed by atoms with Crippen LogP contribution in [0.25, 0.3) is 16.7 Å². The normalized spacial score (nSPS) is 19.6. The highest BCUT2D eigenvalue weighted by Gasteiger charge is 2.31. The van der Waals surface area contributed by atoms with Crippen LogP contribution in [0.1, 0.15) is 44.1 Å². The molecule has 0 bridgehead atoms. The number of allylic oxidation sites excluding steroid dienone is 2. The minimum Gasteiger partial charge on any atom is -0.326 e. The third-order valence-corrected chi connectivity index (χ3v) is 8.67. The molecular formula is C33H33Cl2N3O3. The van der Waals surface area contributed by atoms with Gasteiger partial charge >= 0.3 is 0 Å². The Balaban J connectivity index is 1.15. The van der Waals surface area contributed by atoms with Crippen LogP contribution in [0.5, 0.6) is 0 Å². The second kappa shape index (κ2) is 13.6. The van der Waals surface area contributed by atoms with Crippen molar-refractivity contribution in [1.29, 1.82) is 0 Å². The van der Waals surface area contributed by atoms with Gasteiger partial charge in [-0.25, -0.2) is 0 Å². The lowest BCUT2D eigenvalue weighted by Crippen LogP contribution is -2.33. The van der Waals surface area contributed by atoms with Crippen LogP contribution >= 0.6 is 23.2 Å². The van der Waals surface area contributed by atoms with E-state index in [1.54, 1.807) is 6.07 Å². The van der Waals surface area contributed by atoms with Crippen molar-refractivity contribution < 1.29 is 9.59 Å². The van der Waals surface area contributed by atoms with Gasteiger partial charge in [0, 0.05) is 23.2 Å². The first-order valence-corrected chi connectivity index (χ1v) is 14.9. The third kappa shape index (κ3) is 7.50. The number of hydrogen-bond donors (Lipinski definition) is 1. The highest BCUT2D eigenvalue weighted by atomic mass is 35.5. The van der Waals surface area contributed by atoms with E-state index in [1.807, 2.05) is 24.3 Å². The van der Waals surface area contributed by atoms with Crippen LogP contribution in [-0.4, -0.2) is 36.2 Å². The Hall–Kier alpha value is -3.32. The number of nitroso groups, excluding NO2 is 1. The number of anilines is 1. The van der Waals surface area contributed by atoms with Gasteiger partial charge in [-0.15, -0.1) is 4.91 Å². The fourth-order valence-electron chi connectivity index (χ4n) is 5.78. The molecule has 2 aliphatic rings. The number of benzene rings is 3. The highest BCUT2D eigenvalue weighted by molar-refractivity contribution is 6.33. The van der Waals surface area contributed by atoms with E-state index in [2.05, 4.69) is 45.7 Å². The molecule has 2 atom stereocenters. The van der Waals surface area contributed by atoms with Crippen molar-refractivity contribution in [3.05, 3.63) is 93.3 Å². The minimum atomic E-state index is -0.203. The van der Waals surface area contributed by atoms with Crippen LogP contribution < -0.4 is 5.32 Å². The summed E-state index contributed by atoms with van der Waals surface area (Å²) in [5.41, 5.74) is 5.45. The number of likely N-dealkylation sites (tertiary alicyclic amines) is 1. The van der Waals surface area contributed by atoms with Gasteiger partial charge in [-0.2, -0.15) is 0 Å². The minimum absolute atomic E-state index is 0.0260. The molecule has 1 amide bonds. The van der Waals surface area contributed by atoms with E-state index < -0.39 is 0 Å². The molecule has 1 saturated heterocycles. The summed E-state index contributed by atoms with van der Waals surface area (Å²) in [5.74, 6) is -0.0151. The number of amides is 1. The summed E-state index contributed by atoms with van der Waals surface area (Å²) in [6.07, 6.45) is 7.58. The topological polar surface area (TPSA) is 78.8 Å². The van der Waals surface area contributed by atoms with Crippen LogP contribution in [0.3, 0.4) is 0 Å². The van der Waals surface area contributed by atoms with E-state index in [9.17, 15) is 14.5 Å². The van der Waals surface area contributed by atoms with E-state index in [1.165, 1.54) is 23.3 Å². The molecule has 3 aromatic rings. The largest absolute Gasteiger partial charge is 0.326 e. The fraction of sp³-hybridized carbons (Fsp3) is 0.333. The summed E-state index contributed by atoms with van der Waals surface area (Å²) < 4.78 is 0. The maximum Gasteiger partial charge on any atom is 0.228 e. The molecule has 1 aliphatic carbocycles. The maximum atomic E-state index is 13.4. The Kier molecular flexibility index (Phi) is 9.65. The first-order chi connectivity index (χ1) is 19.9. The zero-order valence-electron chi connectivity index (χ0n) is 22.8. The van der Waals surface area contributed by atoms with Gasteiger partial charge in [0.05, 0.1) is 17.5 Å². The van der Waals surface area contributed by atoms with Crippen molar-refractivity contribution in [1.82, 2.24) is 4.90 Å². The number of ketones is 1. The van der Waals surface area contributed by atoms with Crippen LogP contribution in [0, 0.1) is 16.7 Å². The lowest BCUT2D eigenvalue weighted by Gasteiger charge is -2.23. The van der Waals surface area contributed by atoms with Crippen molar-refractivity contribution in [2.75, 3.05) is 25.0 Å². The Morgan fingerprint density at radius 2 is 1.71 bits per heavy atom. The van der Waals surface area contributed by atoms with Gasteiger partial charge in [-0.05, 0) is 109 Å². The average molecular weight is 591 g/mol. The second-order valence-corrected chi connectivity index (χ2v) is 11.8. The van der Waals surface area contributed by atoms with Crippen molar-refractivity contribution in [2.24, 2.45) is 17.0 Å². The molecule has 3 aromatic carbocycles. The van der Waals surface area contributed by atoms with Gasteiger partial charge in [0.1, 0.15) is 11.5 Å². The van der Waals surface area contributed by atoms with Crippen molar-refractivity contribution in [2.45, 2.75) is 38.5 Å². The Morgan fingerprint density at radius 3 is 2.49 bits per heavy atom. The number of carbonyl (C=O) groups excluding carboxylic acids is 2. The van der Waals surface area contributed by atoms with Crippen LogP contribution in [0.4, 0.5) is 11.4 Å². The monoisotopic (exact) mass is 589 g/mol. The number of halogens is 2. The standard InChI is InChI=1S/C33H33Cl2N3O3/c34-28-12-10-23(11-13-28)26-7-3-6-25(18-26)22-4-1-2-5-24(9-8-22)32(39)21-38-17-16-27(20-38)33(40)36-29-14-15-31(37-41)30(35)19-29/h3-4,6-7,10-15,18-19,24,27H,1-2,5,8-9,16-17,20-21H2,(H,36,40). The Labute approximate surface area is 250 Å². The number of Topliss-reactive ketones (excluding diaryl/α,β-unsaturated/α-hetero) is 1. The van der Waals surface area contributed by atoms with E-state index in [-0.39, 0.29) is 34.2 Å². The van der Waals surface area contributed by atoms with Gasteiger partial charge < -0.3 is 5.32 Å². The molecule has 1 aliphatic heterocycles. The molecular weight excluding hydrogens is 557 g/mol. The molecule has 0 aromatic heterocycles. The predicted octanol–water partition coefficient (Wildman–Crippen LogP) is 8.55. The first kappa shape index (κ1) is 29.2. The molecule has 5 rings (SSSR count). The first-order valence-electron chi connectivity index (χ1n) is 14.1. The van der Waals surface area contributed by atoms with Gasteiger partial charge in [-0.3, -0.25) is 14.5 Å². The zero-order valence-corrected chi connectivity index (χ0v) is 24.3. The summed E-state index contributed by atoms with van der Waals surface area (Å²) >= 11 is 12.1. The fourth-order valence-corrected chi connectivity index (χ4v) is 6.13. The molecule has 0 spiro atoms. The van der Waals surface area contributed by atoms with Crippen molar-refractivity contribution in [3.63, 3.8) is 0 Å². The Morgan fingerprint density at radius 1 is 0.902 bits per heavy atom. The summed E-state index contributed by atoms with van der Waals surface area (Å²) in [6.45, 7) is 1.65. The molecule has 0 radical (unpaired) electrons. The molecule has 1 heterocycles. The number of nitrogens with zero attached hydrogens (tertiary/aromatic N) is 2. The number of hydrogen-bond acceptors (Lipinski definition) is 5. The number of rotatable bonds is 8. The SMILES string of the molecule is O=Nc1ccc(NC(=O)C2CCN(CC(=O)C3CCCC=C(c4cccc(-c5ccc(Cl)cc5)c4)CC3)C2)cc1Cl. The summed E-state index contributed by atoms with van der Waals surface area (Å²) in [7, 11) is 0. The van der Waals surface area contributed by atoms with E-state index in [4.69, 9.17) is 23.2 Å². The van der Waals surface area contributed by atoms with E-state index in [0.717, 1.165) is 48.3 Å². The third-order valence-electron chi connectivity index (χ3n) is 8.11. The zero-order chi connectivity index (χ0) is 28.8. The van der Waals surface area contributed by atoms with Crippen molar-refractivity contribution >= 4 is 51.8 Å². The Bertz CT molecular complexity index is 1450. The molecule has 0 saturated carbocycles. The van der Waals surface area contributed by atoms with Crippen LogP contribution in [0.15, 0.2) is 78.0 Å². The molecule has 2 unspecified atom stereocenters. The van der Waals surface area contributed by atoms with E-state index in [0.29, 0.717) is 31.7 Å². The van der Waals surface area contributed by atoms with Gasteiger partial charge in [0.25, 0.3) is 0 Å². The molecule has 212 valence electrons. The highest BCUT2D eigenvalue weighted by Crippen LogP contribution is 2.32. The quantitative estimate of drug-likeness (QED) is 0.267. The molecule has 8 heteroatoms. The summed E-state index contributed by atoms with van der Waals surface area (Å²) in [5, 5.41) is 6.65. The molecule has 6 nitrogen and oxygen atoms in total. The van der Waals surface area contributed by atoms with Gasteiger partial charge in [0.15, 0.2) is 0 Å². The molecule has 41 heavy (non-hydrogen) atoms. The molecule has 1 N–H and O–H groups in total. The summed E-state index contributed by atoms with van der Waals surface area (Å²) in [4.78, 5) is 39.0. The van der Waals surface area contributed by atoms with Gasteiger partial charge in [0.2, 0.25) is 5.91 Å². The van der Waals surface area contributed by atoms with Crippen LogP contribution in [-0.2, 0) is 9.59 Å². The smallest absolute Gasteiger partial charge is 0.228 e. The van der Waals surface area contributed by atoms with Crippen LogP contribution in [0.2, 0.25) is 10.0 Å². The average Bonchev–Trinajstić information content (AvgIpc) is 3.42. The van der Waals surface area contributed by atoms with E-state index >= 15 is 0 Å². The second-order valence-electron chi connectivity index (χ2n) is 10.9. The number of nitrogens with one attached hydrogen (secondary N) is 1. The lowest BCUT2D eigenvalue weighted by atomic mass is 9.85. The summed E-state index contributed by atoms with van der Waals surface area (Å²) in [6, 6.07) is 21.1. The number of carbonyl (C=O) groups is 2. The lowest BCUT2D eigenvalue weighted by molar-refractivity contribution is -0.125. The predicted molar refractivity (Wildman–Crippen MR) is 167 cm³/mol. The molecule has 1 fully saturated rings. The van der Waals surface area contributed by atoms with Gasteiger partial charge in [-0.1, -0.05) is 59.6 Å². The van der Waals surface area contributed by atoms with Crippen molar-refractivity contribution in [3.8, 4) is 11.1 Å².